The lowest BCUT2D eigenvalue weighted by Crippen LogP contribution is -2.25. The van der Waals surface area contributed by atoms with Crippen LogP contribution in [-0.4, -0.2) is 52.6 Å². The summed E-state index contributed by atoms with van der Waals surface area (Å²) in [4.78, 5) is 14.4. The van der Waals surface area contributed by atoms with Crippen LogP contribution in [0.5, 0.6) is 6.01 Å². The molecule has 0 fully saturated rings. The molecule has 6 nitrogen and oxygen atoms in total. The Morgan fingerprint density at radius 1 is 1.16 bits per heavy atom. The van der Waals surface area contributed by atoms with Crippen LogP contribution in [-0.2, 0) is 0 Å². The molecule has 0 aromatic carbocycles. The van der Waals surface area contributed by atoms with E-state index in [4.69, 9.17) is 16.3 Å². The summed E-state index contributed by atoms with van der Waals surface area (Å²) in [6.07, 6.45) is 1.02. The lowest BCUT2D eigenvalue weighted by Gasteiger charge is -2.17. The number of anilines is 1. The minimum absolute atomic E-state index is 0.143. The Morgan fingerprint density at radius 3 is 2.53 bits per heavy atom. The Bertz CT molecular complexity index is 373. The number of halogens is 1. The molecule has 0 aliphatic heterocycles. The van der Waals surface area contributed by atoms with Crippen molar-refractivity contribution < 1.29 is 4.74 Å². The van der Waals surface area contributed by atoms with Crippen molar-refractivity contribution in [2.75, 3.05) is 38.1 Å². The molecule has 0 saturated heterocycles. The van der Waals surface area contributed by atoms with Crippen LogP contribution < -0.4 is 10.1 Å². The fourth-order valence-corrected chi connectivity index (χ4v) is 1.80. The second kappa shape index (κ2) is 8.87. The Balaban J connectivity index is 2.40. The van der Waals surface area contributed by atoms with Crippen LogP contribution in [0, 0.1) is 0 Å². The summed E-state index contributed by atoms with van der Waals surface area (Å²) in [6, 6.07) is 0.258. The fourth-order valence-electron chi connectivity index (χ4n) is 1.65. The second-order valence-corrected chi connectivity index (χ2v) is 4.29. The predicted molar refractivity (Wildman–Crippen MR) is 76.9 cm³/mol. The third-order valence-corrected chi connectivity index (χ3v) is 2.86. The van der Waals surface area contributed by atoms with Crippen LogP contribution in [0.1, 0.15) is 27.2 Å². The third kappa shape index (κ3) is 6.02. The van der Waals surface area contributed by atoms with Gasteiger partial charge in [0.15, 0.2) is 0 Å². The van der Waals surface area contributed by atoms with Gasteiger partial charge in [-0.05, 0) is 44.6 Å². The highest BCUT2D eigenvalue weighted by atomic mass is 35.5. The highest BCUT2D eigenvalue weighted by Crippen LogP contribution is 2.11. The van der Waals surface area contributed by atoms with E-state index in [0.29, 0.717) is 12.6 Å². The molecule has 0 aliphatic rings. The van der Waals surface area contributed by atoms with Gasteiger partial charge in [0.1, 0.15) is 0 Å². The minimum atomic E-state index is 0.143. The standard InChI is InChI=1S/C12H22ClN5O/c1-4-18(5-2)9-7-8-14-11-15-10(13)16-12(17-11)19-6-3/h4-9H2,1-3H3,(H,14,15,16,17). The van der Waals surface area contributed by atoms with Crippen LogP contribution in [0.25, 0.3) is 0 Å². The summed E-state index contributed by atoms with van der Waals surface area (Å²) in [6.45, 7) is 10.7. The molecule has 1 aromatic rings. The van der Waals surface area contributed by atoms with Crippen molar-refractivity contribution in [1.29, 1.82) is 0 Å². The summed E-state index contributed by atoms with van der Waals surface area (Å²) in [7, 11) is 0. The molecule has 0 unspecified atom stereocenters. The van der Waals surface area contributed by atoms with E-state index in [9.17, 15) is 0 Å². The van der Waals surface area contributed by atoms with Crippen LogP contribution in [0.3, 0.4) is 0 Å². The van der Waals surface area contributed by atoms with Gasteiger partial charge in [-0.1, -0.05) is 13.8 Å². The van der Waals surface area contributed by atoms with Gasteiger partial charge in [-0.25, -0.2) is 0 Å². The van der Waals surface area contributed by atoms with E-state index in [-0.39, 0.29) is 11.3 Å². The average Bonchev–Trinajstić information content (AvgIpc) is 2.39. The number of nitrogens with zero attached hydrogens (tertiary/aromatic N) is 4. The van der Waals surface area contributed by atoms with E-state index in [1.165, 1.54) is 0 Å². The third-order valence-electron chi connectivity index (χ3n) is 2.69. The monoisotopic (exact) mass is 287 g/mol. The highest BCUT2D eigenvalue weighted by molar-refractivity contribution is 6.28. The van der Waals surface area contributed by atoms with Gasteiger partial charge in [0.2, 0.25) is 11.2 Å². The molecule has 19 heavy (non-hydrogen) atoms. The second-order valence-electron chi connectivity index (χ2n) is 3.95. The zero-order chi connectivity index (χ0) is 14.1. The molecule has 1 aromatic heterocycles. The molecule has 1 N–H and O–H groups in total. The number of rotatable bonds is 9. The lowest BCUT2D eigenvalue weighted by atomic mass is 10.3. The molecular formula is C12H22ClN5O. The quantitative estimate of drug-likeness (QED) is 0.702. The fraction of sp³-hybridized carbons (Fsp3) is 0.750. The van der Waals surface area contributed by atoms with E-state index in [2.05, 4.69) is 39.0 Å². The van der Waals surface area contributed by atoms with E-state index in [1.807, 2.05) is 6.92 Å². The van der Waals surface area contributed by atoms with Crippen molar-refractivity contribution in [2.45, 2.75) is 27.2 Å². The number of ether oxygens (including phenoxy) is 1. The summed E-state index contributed by atoms with van der Waals surface area (Å²) in [5.41, 5.74) is 0. The van der Waals surface area contributed by atoms with Crippen LogP contribution in [0.4, 0.5) is 5.95 Å². The maximum Gasteiger partial charge on any atom is 0.322 e. The number of hydrogen-bond acceptors (Lipinski definition) is 6. The highest BCUT2D eigenvalue weighted by Gasteiger charge is 2.05. The molecular weight excluding hydrogens is 266 g/mol. The Kier molecular flexibility index (Phi) is 7.43. The number of aromatic nitrogens is 3. The summed E-state index contributed by atoms with van der Waals surface area (Å²) in [5, 5.41) is 3.28. The molecule has 108 valence electrons. The van der Waals surface area contributed by atoms with E-state index in [0.717, 1.165) is 32.6 Å². The van der Waals surface area contributed by atoms with Gasteiger partial charge in [0.25, 0.3) is 0 Å². The first-order valence-electron chi connectivity index (χ1n) is 6.70. The molecule has 7 heteroatoms. The Morgan fingerprint density at radius 2 is 1.89 bits per heavy atom. The summed E-state index contributed by atoms with van der Waals surface area (Å²) >= 11 is 5.80. The van der Waals surface area contributed by atoms with Crippen molar-refractivity contribution >= 4 is 17.5 Å². The van der Waals surface area contributed by atoms with Gasteiger partial charge in [-0.15, -0.1) is 0 Å². The van der Waals surface area contributed by atoms with E-state index >= 15 is 0 Å². The minimum Gasteiger partial charge on any atom is -0.464 e. The van der Waals surface area contributed by atoms with Crippen molar-refractivity contribution in [3.63, 3.8) is 0 Å². The molecule has 0 atom stereocenters. The maximum atomic E-state index is 5.80. The molecule has 1 heterocycles. The number of nitrogens with one attached hydrogen (secondary N) is 1. The van der Waals surface area contributed by atoms with Crippen molar-refractivity contribution in [2.24, 2.45) is 0 Å². The summed E-state index contributed by atoms with van der Waals surface area (Å²) in [5.74, 6) is 0.461. The smallest absolute Gasteiger partial charge is 0.322 e. The van der Waals surface area contributed by atoms with Gasteiger partial charge in [0.05, 0.1) is 6.61 Å². The van der Waals surface area contributed by atoms with Gasteiger partial charge in [-0.3, -0.25) is 0 Å². The van der Waals surface area contributed by atoms with Crippen molar-refractivity contribution in [1.82, 2.24) is 19.9 Å². The SMILES string of the molecule is CCOc1nc(Cl)nc(NCCCN(CC)CC)n1. The van der Waals surface area contributed by atoms with E-state index < -0.39 is 0 Å². The molecule has 0 radical (unpaired) electrons. The topological polar surface area (TPSA) is 63.2 Å². The van der Waals surface area contributed by atoms with Gasteiger partial charge in [-0.2, -0.15) is 15.0 Å². The largest absolute Gasteiger partial charge is 0.464 e. The zero-order valence-corrected chi connectivity index (χ0v) is 12.6. The molecule has 1 rings (SSSR count). The maximum absolute atomic E-state index is 5.80. The normalized spacial score (nSPS) is 10.8. The van der Waals surface area contributed by atoms with Gasteiger partial charge < -0.3 is 15.0 Å². The molecule has 0 bridgehead atoms. The van der Waals surface area contributed by atoms with Crippen LogP contribution in [0.2, 0.25) is 5.28 Å². The van der Waals surface area contributed by atoms with Crippen LogP contribution in [0.15, 0.2) is 0 Å². The molecule has 0 aliphatic carbocycles. The molecule has 0 saturated carbocycles. The average molecular weight is 288 g/mol. The first-order valence-corrected chi connectivity index (χ1v) is 7.07. The van der Waals surface area contributed by atoms with Gasteiger partial charge in [0, 0.05) is 6.54 Å². The van der Waals surface area contributed by atoms with Crippen molar-refractivity contribution in [3.05, 3.63) is 5.28 Å². The first kappa shape index (κ1) is 15.9. The van der Waals surface area contributed by atoms with Crippen molar-refractivity contribution in [3.8, 4) is 6.01 Å². The lowest BCUT2D eigenvalue weighted by molar-refractivity contribution is 0.302. The number of hydrogen-bond donors (Lipinski definition) is 1. The Labute approximate surface area is 119 Å². The predicted octanol–water partition coefficient (Wildman–Crippen LogP) is 2.07. The van der Waals surface area contributed by atoms with Crippen LogP contribution >= 0.6 is 11.6 Å². The first-order chi connectivity index (χ1) is 9.19. The molecule has 0 amide bonds. The van der Waals surface area contributed by atoms with Gasteiger partial charge >= 0.3 is 6.01 Å². The van der Waals surface area contributed by atoms with E-state index in [1.54, 1.807) is 0 Å². The Hall–Kier alpha value is -1.14. The molecule has 0 spiro atoms. The zero-order valence-electron chi connectivity index (χ0n) is 11.8. The summed E-state index contributed by atoms with van der Waals surface area (Å²) < 4.78 is 5.21.